The zero-order valence-electron chi connectivity index (χ0n) is 12.3. The van der Waals surface area contributed by atoms with E-state index < -0.39 is 6.10 Å². The molecule has 1 N–H and O–H groups in total. The van der Waals surface area contributed by atoms with Gasteiger partial charge in [0.15, 0.2) is 0 Å². The van der Waals surface area contributed by atoms with Crippen molar-refractivity contribution in [2.24, 2.45) is 0 Å². The number of aliphatic hydroxyl groups is 1. The van der Waals surface area contributed by atoms with Crippen molar-refractivity contribution in [2.45, 2.75) is 26.0 Å². The molecule has 108 valence electrons. The lowest BCUT2D eigenvalue weighted by Crippen LogP contribution is -2.38. The average Bonchev–Trinajstić information content (AvgIpc) is 2.40. The van der Waals surface area contributed by atoms with Gasteiger partial charge in [-0.1, -0.05) is 12.1 Å². The van der Waals surface area contributed by atoms with Crippen LogP contribution in [-0.4, -0.2) is 45.1 Å². The smallest absolute Gasteiger partial charge is 0.0761 e. The van der Waals surface area contributed by atoms with E-state index in [9.17, 15) is 5.11 Å². The first-order valence-electron chi connectivity index (χ1n) is 6.62. The Morgan fingerprint density at radius 2 is 1.74 bits per heavy atom. The molecule has 0 bridgehead atoms. The summed E-state index contributed by atoms with van der Waals surface area (Å²) in [4.78, 5) is 2.25. The van der Waals surface area contributed by atoms with Crippen LogP contribution in [0.5, 0.6) is 0 Å². The summed E-state index contributed by atoms with van der Waals surface area (Å²) in [6.07, 6.45) is -0.433. The summed E-state index contributed by atoms with van der Waals surface area (Å²) in [6, 6.07) is 8.25. The lowest BCUT2D eigenvalue weighted by Gasteiger charge is -2.31. The van der Waals surface area contributed by atoms with E-state index in [-0.39, 0.29) is 6.04 Å². The second-order valence-electron chi connectivity index (χ2n) is 4.76. The highest BCUT2D eigenvalue weighted by Crippen LogP contribution is 2.21. The SMILES string of the molecule is COCCN(c1ccc([C@@H](C)O)cc1)C(C)COC. The van der Waals surface area contributed by atoms with E-state index >= 15 is 0 Å². The first kappa shape index (κ1) is 16.0. The van der Waals surface area contributed by atoms with Crippen molar-refractivity contribution in [2.75, 3.05) is 38.9 Å². The molecule has 0 aromatic heterocycles. The second-order valence-corrected chi connectivity index (χ2v) is 4.76. The van der Waals surface area contributed by atoms with Crippen molar-refractivity contribution in [1.29, 1.82) is 0 Å². The molecular weight excluding hydrogens is 242 g/mol. The number of hydrogen-bond acceptors (Lipinski definition) is 4. The Kier molecular flexibility index (Phi) is 6.84. The fourth-order valence-corrected chi connectivity index (χ4v) is 2.07. The quantitative estimate of drug-likeness (QED) is 0.784. The maximum absolute atomic E-state index is 9.53. The third-order valence-corrected chi connectivity index (χ3v) is 3.18. The van der Waals surface area contributed by atoms with Gasteiger partial charge in [0.05, 0.1) is 19.3 Å². The van der Waals surface area contributed by atoms with Gasteiger partial charge in [-0.3, -0.25) is 0 Å². The topological polar surface area (TPSA) is 41.9 Å². The molecule has 0 amide bonds. The molecule has 0 fully saturated rings. The van der Waals surface area contributed by atoms with Gasteiger partial charge in [-0.15, -0.1) is 0 Å². The minimum absolute atomic E-state index is 0.276. The minimum atomic E-state index is -0.433. The van der Waals surface area contributed by atoms with E-state index in [2.05, 4.69) is 11.8 Å². The molecule has 0 aliphatic heterocycles. The summed E-state index contributed by atoms with van der Waals surface area (Å²) < 4.78 is 10.4. The molecule has 1 aromatic carbocycles. The lowest BCUT2D eigenvalue weighted by atomic mass is 10.1. The maximum atomic E-state index is 9.53. The first-order valence-corrected chi connectivity index (χ1v) is 6.62. The van der Waals surface area contributed by atoms with Gasteiger partial charge in [-0.25, -0.2) is 0 Å². The van der Waals surface area contributed by atoms with Crippen molar-refractivity contribution < 1.29 is 14.6 Å². The van der Waals surface area contributed by atoms with E-state index in [1.54, 1.807) is 21.1 Å². The van der Waals surface area contributed by atoms with E-state index in [1.807, 2.05) is 24.3 Å². The predicted molar refractivity (Wildman–Crippen MR) is 77.6 cm³/mol. The van der Waals surface area contributed by atoms with Crippen LogP contribution in [0.2, 0.25) is 0 Å². The summed E-state index contributed by atoms with van der Waals surface area (Å²) in [5.41, 5.74) is 2.04. The molecule has 4 nitrogen and oxygen atoms in total. The molecular formula is C15H25NO3. The summed E-state index contributed by atoms with van der Waals surface area (Å²) in [6.45, 7) is 6.05. The number of benzene rings is 1. The average molecular weight is 267 g/mol. The highest BCUT2D eigenvalue weighted by molar-refractivity contribution is 5.48. The van der Waals surface area contributed by atoms with Crippen LogP contribution in [0.15, 0.2) is 24.3 Å². The molecule has 0 radical (unpaired) electrons. The summed E-state index contributed by atoms with van der Waals surface area (Å²) in [5, 5.41) is 9.53. The Balaban J connectivity index is 2.83. The monoisotopic (exact) mass is 267 g/mol. The molecule has 0 spiro atoms. The number of nitrogens with zero attached hydrogens (tertiary/aromatic N) is 1. The first-order chi connectivity index (χ1) is 9.10. The number of aliphatic hydroxyl groups excluding tert-OH is 1. The van der Waals surface area contributed by atoms with E-state index in [0.29, 0.717) is 13.2 Å². The molecule has 0 heterocycles. The molecule has 1 aromatic rings. The predicted octanol–water partition coefficient (Wildman–Crippen LogP) is 2.23. The molecule has 0 aliphatic rings. The Morgan fingerprint density at radius 3 is 2.21 bits per heavy atom. The molecule has 0 aliphatic carbocycles. The van der Waals surface area contributed by atoms with E-state index in [0.717, 1.165) is 17.8 Å². The van der Waals surface area contributed by atoms with Crippen LogP contribution in [0, 0.1) is 0 Å². The number of ether oxygens (including phenoxy) is 2. The van der Waals surface area contributed by atoms with Gasteiger partial charge in [-0.2, -0.15) is 0 Å². The number of methoxy groups -OCH3 is 2. The Morgan fingerprint density at radius 1 is 1.11 bits per heavy atom. The van der Waals surface area contributed by atoms with Crippen LogP contribution in [-0.2, 0) is 9.47 Å². The minimum Gasteiger partial charge on any atom is -0.389 e. The van der Waals surface area contributed by atoms with Crippen molar-refractivity contribution in [3.8, 4) is 0 Å². The third-order valence-electron chi connectivity index (χ3n) is 3.18. The molecule has 1 rings (SSSR count). The van der Waals surface area contributed by atoms with Crippen LogP contribution in [0.4, 0.5) is 5.69 Å². The molecule has 0 saturated carbocycles. The van der Waals surface area contributed by atoms with Crippen molar-refractivity contribution in [3.63, 3.8) is 0 Å². The Labute approximate surface area is 115 Å². The highest BCUT2D eigenvalue weighted by Gasteiger charge is 2.14. The summed E-state index contributed by atoms with van der Waals surface area (Å²) >= 11 is 0. The lowest BCUT2D eigenvalue weighted by molar-refractivity contribution is 0.171. The molecule has 2 atom stereocenters. The Bertz CT molecular complexity index is 351. The summed E-state index contributed by atoms with van der Waals surface area (Å²) in [7, 11) is 3.41. The van der Waals surface area contributed by atoms with Gasteiger partial charge < -0.3 is 19.5 Å². The largest absolute Gasteiger partial charge is 0.389 e. The van der Waals surface area contributed by atoms with Crippen LogP contribution in [0.25, 0.3) is 0 Å². The fraction of sp³-hybridized carbons (Fsp3) is 0.600. The summed E-state index contributed by atoms with van der Waals surface area (Å²) in [5.74, 6) is 0. The molecule has 1 unspecified atom stereocenters. The molecule has 4 heteroatoms. The normalized spacial score (nSPS) is 14.2. The van der Waals surface area contributed by atoms with Gasteiger partial charge in [0.1, 0.15) is 0 Å². The van der Waals surface area contributed by atoms with Gasteiger partial charge in [-0.05, 0) is 31.5 Å². The number of anilines is 1. The third kappa shape index (κ3) is 4.82. The highest BCUT2D eigenvalue weighted by atomic mass is 16.5. The number of rotatable bonds is 8. The maximum Gasteiger partial charge on any atom is 0.0761 e. The van der Waals surface area contributed by atoms with Crippen LogP contribution < -0.4 is 4.90 Å². The van der Waals surface area contributed by atoms with Crippen LogP contribution >= 0.6 is 0 Å². The van der Waals surface area contributed by atoms with Gasteiger partial charge in [0.25, 0.3) is 0 Å². The van der Waals surface area contributed by atoms with Gasteiger partial charge in [0, 0.05) is 32.5 Å². The van der Waals surface area contributed by atoms with Crippen molar-refractivity contribution >= 4 is 5.69 Å². The standard InChI is InChI=1S/C15H25NO3/c1-12(11-19-4)16(9-10-18-3)15-7-5-14(6-8-15)13(2)17/h5-8,12-13,17H,9-11H2,1-4H3/t12?,13-/m1/s1. The van der Waals surface area contributed by atoms with Gasteiger partial charge >= 0.3 is 0 Å². The van der Waals surface area contributed by atoms with E-state index in [1.165, 1.54) is 0 Å². The van der Waals surface area contributed by atoms with Crippen LogP contribution in [0.1, 0.15) is 25.5 Å². The molecule has 0 saturated heterocycles. The van der Waals surface area contributed by atoms with Crippen molar-refractivity contribution in [1.82, 2.24) is 0 Å². The second kappa shape index (κ2) is 8.15. The fourth-order valence-electron chi connectivity index (χ4n) is 2.07. The zero-order valence-corrected chi connectivity index (χ0v) is 12.3. The number of hydrogen-bond donors (Lipinski definition) is 1. The van der Waals surface area contributed by atoms with Gasteiger partial charge in [0.2, 0.25) is 0 Å². The Hall–Kier alpha value is -1.10. The van der Waals surface area contributed by atoms with Crippen LogP contribution in [0.3, 0.4) is 0 Å². The van der Waals surface area contributed by atoms with Crippen molar-refractivity contribution in [3.05, 3.63) is 29.8 Å². The molecule has 19 heavy (non-hydrogen) atoms. The van der Waals surface area contributed by atoms with E-state index in [4.69, 9.17) is 9.47 Å². The zero-order chi connectivity index (χ0) is 14.3.